The lowest BCUT2D eigenvalue weighted by molar-refractivity contribution is 0.295. The first-order valence-electron chi connectivity index (χ1n) is 21.7. The summed E-state index contributed by atoms with van der Waals surface area (Å²) in [4.78, 5) is 9.13. The van der Waals surface area contributed by atoms with Gasteiger partial charge < -0.3 is 36.8 Å². The number of nitrogens with one attached hydrogen (secondary N) is 1. The average Bonchev–Trinajstić information content (AvgIpc) is 3.26. The van der Waals surface area contributed by atoms with Crippen LogP contribution in [-0.4, -0.2) is 130 Å². The molecular formula is C48H74Cl6N8O4S2. The Labute approximate surface area is 439 Å². The van der Waals surface area contributed by atoms with Crippen molar-refractivity contribution in [3.63, 3.8) is 0 Å². The molecule has 0 bridgehead atoms. The molecule has 0 spiro atoms. The van der Waals surface area contributed by atoms with E-state index in [1.807, 2.05) is 45.4 Å². The molecule has 0 saturated heterocycles. The highest BCUT2D eigenvalue weighted by Crippen LogP contribution is 2.40. The minimum absolute atomic E-state index is 0. The van der Waals surface area contributed by atoms with Gasteiger partial charge in [0.05, 0.1) is 9.79 Å². The van der Waals surface area contributed by atoms with Crippen molar-refractivity contribution in [1.29, 1.82) is 0 Å². The SMILES string of the molecule is C.C.CN(CCCN)CCCN.CN(CCCN)CCCNS(=O)(=O)c1cccc(C2CN(C)Cc3c(Cl)cc(Cl)cc32)c1.CN1Cc2c(Cl)cc(Cl)cc2C(c2cccc(S(=O)(=O)Cl)c2)C1.Cl. The number of halogens is 6. The van der Waals surface area contributed by atoms with Gasteiger partial charge in [-0.2, -0.15) is 0 Å². The Morgan fingerprint density at radius 2 is 1.00 bits per heavy atom. The van der Waals surface area contributed by atoms with Crippen molar-refractivity contribution in [2.24, 2.45) is 17.2 Å². The van der Waals surface area contributed by atoms with Gasteiger partial charge in [-0.05, 0) is 182 Å². The number of fused-ring (bicyclic) bond motifs is 2. The highest BCUT2D eigenvalue weighted by Gasteiger charge is 2.29. The number of rotatable bonds is 18. The highest BCUT2D eigenvalue weighted by atomic mass is 35.7. The standard InChI is InChI=1S/C23H32Cl2N4O2S.C16H14Cl3NO2S.C7H19N3.2CH4.ClH/c1-28(10-4-8-26)11-5-9-27-32(30,31)19-7-3-6-17(12-19)21-15-29(2)16-22-20(21)13-18(24)14-23(22)25;1-20-8-14(10-3-2-4-12(5-10)23(19,21)22)13-6-11(17)7-16(18)15(13)9-20;1-10(6-2-4-8)7-3-5-9;;;/h3,6-7,12-14,21,27H,4-5,8-11,15-16,26H2,1-2H3;2-7,14H,8-9H2,1H3;2-9H2,1H3;2*1H4;1H. The second-order valence-corrected chi connectivity index (χ2v) is 22.8. The van der Waals surface area contributed by atoms with Crippen molar-refractivity contribution in [2.75, 3.05) is 93.6 Å². The Kier molecular flexibility index (Phi) is 29.2. The van der Waals surface area contributed by atoms with Crippen LogP contribution >= 0.6 is 69.5 Å². The van der Waals surface area contributed by atoms with Gasteiger partial charge in [-0.1, -0.05) is 85.5 Å². The van der Waals surface area contributed by atoms with Gasteiger partial charge >= 0.3 is 0 Å². The van der Waals surface area contributed by atoms with Crippen LogP contribution in [0.4, 0.5) is 0 Å². The van der Waals surface area contributed by atoms with E-state index in [0.29, 0.717) is 33.2 Å². The first kappa shape index (κ1) is 64.2. The molecule has 12 nitrogen and oxygen atoms in total. The predicted molar refractivity (Wildman–Crippen MR) is 292 cm³/mol. The van der Waals surface area contributed by atoms with E-state index in [1.165, 1.54) is 6.07 Å². The second-order valence-electron chi connectivity index (χ2n) is 16.8. The van der Waals surface area contributed by atoms with Crippen LogP contribution in [0, 0.1) is 0 Å². The fourth-order valence-corrected chi connectivity index (χ4v) is 11.1. The molecule has 0 radical (unpaired) electrons. The molecule has 6 rings (SSSR count). The molecule has 384 valence electrons. The monoisotopic (exact) mass is 1100 g/mol. The fraction of sp³-hybridized carbons (Fsp3) is 0.500. The number of nitrogens with two attached hydrogens (primary N) is 3. The maximum atomic E-state index is 12.9. The van der Waals surface area contributed by atoms with Gasteiger partial charge in [0.1, 0.15) is 0 Å². The molecule has 4 aromatic carbocycles. The lowest BCUT2D eigenvalue weighted by Crippen LogP contribution is -2.31. The maximum Gasteiger partial charge on any atom is 0.261 e. The molecule has 7 N–H and O–H groups in total. The van der Waals surface area contributed by atoms with Crippen molar-refractivity contribution < 1.29 is 16.8 Å². The van der Waals surface area contributed by atoms with E-state index >= 15 is 0 Å². The molecule has 20 heteroatoms. The number of likely N-dealkylation sites (N-methyl/N-ethyl adjacent to an activating group) is 2. The van der Waals surface area contributed by atoms with E-state index in [-0.39, 0.29) is 48.9 Å². The zero-order chi connectivity index (χ0) is 47.9. The van der Waals surface area contributed by atoms with Gasteiger partial charge in [-0.3, -0.25) is 0 Å². The third-order valence-corrected chi connectivity index (χ3v) is 15.3. The summed E-state index contributed by atoms with van der Waals surface area (Å²) in [5, 5.41) is 2.44. The molecule has 2 atom stereocenters. The minimum atomic E-state index is -3.76. The fourth-order valence-electron chi connectivity index (χ4n) is 7.99. The third-order valence-electron chi connectivity index (χ3n) is 11.3. The van der Waals surface area contributed by atoms with Gasteiger partial charge in [0, 0.05) is 75.3 Å². The highest BCUT2D eigenvalue weighted by molar-refractivity contribution is 8.13. The topological polar surface area (TPSA) is 171 Å². The number of nitrogens with zero attached hydrogens (tertiary/aromatic N) is 4. The number of hydrogen-bond donors (Lipinski definition) is 4. The van der Waals surface area contributed by atoms with Crippen molar-refractivity contribution in [1.82, 2.24) is 24.3 Å². The Morgan fingerprint density at radius 1 is 0.618 bits per heavy atom. The summed E-state index contributed by atoms with van der Waals surface area (Å²) in [6, 6.07) is 21.2. The van der Waals surface area contributed by atoms with Crippen LogP contribution < -0.4 is 21.9 Å². The Morgan fingerprint density at radius 3 is 1.40 bits per heavy atom. The summed E-state index contributed by atoms with van der Waals surface area (Å²) in [5.74, 6) is -0.0235. The number of benzene rings is 4. The van der Waals surface area contributed by atoms with Crippen molar-refractivity contribution in [3.05, 3.63) is 126 Å². The van der Waals surface area contributed by atoms with Gasteiger partial charge in [-0.15, -0.1) is 12.4 Å². The molecule has 0 aromatic heterocycles. The zero-order valence-corrected chi connectivity index (χ0v) is 44.4. The van der Waals surface area contributed by atoms with E-state index in [4.69, 9.17) is 74.3 Å². The summed E-state index contributed by atoms with van der Waals surface area (Å²) in [6.45, 7) is 9.51. The first-order valence-corrected chi connectivity index (χ1v) is 27.0. The Balaban J connectivity index is 0.000000563. The predicted octanol–water partition coefficient (Wildman–Crippen LogP) is 9.33. The summed E-state index contributed by atoms with van der Waals surface area (Å²) in [5.41, 5.74) is 22.2. The van der Waals surface area contributed by atoms with Crippen LogP contribution in [0.2, 0.25) is 20.1 Å². The van der Waals surface area contributed by atoms with Crippen molar-refractivity contribution in [3.8, 4) is 0 Å². The van der Waals surface area contributed by atoms with Gasteiger partial charge in [0.25, 0.3) is 9.05 Å². The first-order chi connectivity index (χ1) is 30.8. The zero-order valence-electron chi connectivity index (χ0n) is 38.2. The van der Waals surface area contributed by atoms with E-state index in [1.54, 1.807) is 42.5 Å². The molecule has 68 heavy (non-hydrogen) atoms. The normalized spacial score (nSPS) is 15.9. The Bertz CT molecular complexity index is 2380. The molecule has 4 aromatic rings. The molecule has 2 heterocycles. The maximum absolute atomic E-state index is 12.9. The summed E-state index contributed by atoms with van der Waals surface area (Å²) in [6.07, 6.45) is 3.84. The molecule has 0 fully saturated rings. The second kappa shape index (κ2) is 30.9. The van der Waals surface area contributed by atoms with Crippen LogP contribution in [0.1, 0.15) is 85.8 Å². The molecule has 0 amide bonds. The van der Waals surface area contributed by atoms with Gasteiger partial charge in [-0.25, -0.2) is 21.6 Å². The van der Waals surface area contributed by atoms with Gasteiger partial charge in [0.15, 0.2) is 0 Å². The average molecular weight is 1100 g/mol. The number of sulfonamides is 1. The molecule has 2 aliphatic rings. The quantitative estimate of drug-likeness (QED) is 0.0553. The molecule has 2 aliphatic heterocycles. The smallest absolute Gasteiger partial charge is 0.261 e. The minimum Gasteiger partial charge on any atom is -0.330 e. The molecular weight excluding hydrogens is 1030 g/mol. The third kappa shape index (κ3) is 19.7. The molecule has 0 aliphatic carbocycles. The summed E-state index contributed by atoms with van der Waals surface area (Å²) in [7, 11) is 6.27. The number of hydrogen-bond acceptors (Lipinski definition) is 11. The lowest BCUT2D eigenvalue weighted by atomic mass is 9.85. The van der Waals surface area contributed by atoms with Crippen LogP contribution in [0.25, 0.3) is 0 Å². The van der Waals surface area contributed by atoms with Crippen LogP contribution in [0.3, 0.4) is 0 Å². The lowest BCUT2D eigenvalue weighted by Gasteiger charge is -2.33. The molecule has 2 unspecified atom stereocenters. The van der Waals surface area contributed by atoms with E-state index in [0.717, 1.165) is 125 Å². The Hall–Kier alpha value is -1.80. The van der Waals surface area contributed by atoms with Crippen LogP contribution in [0.5, 0.6) is 0 Å². The van der Waals surface area contributed by atoms with E-state index < -0.39 is 19.1 Å². The molecule has 0 saturated carbocycles. The summed E-state index contributed by atoms with van der Waals surface area (Å²) < 4.78 is 51.7. The van der Waals surface area contributed by atoms with E-state index in [2.05, 4.69) is 31.4 Å². The van der Waals surface area contributed by atoms with Crippen LogP contribution in [-0.2, 0) is 32.2 Å². The van der Waals surface area contributed by atoms with Crippen LogP contribution in [0.15, 0.2) is 82.6 Å². The van der Waals surface area contributed by atoms with Gasteiger partial charge in [0.2, 0.25) is 10.0 Å². The summed E-state index contributed by atoms with van der Waals surface area (Å²) >= 11 is 25.2. The van der Waals surface area contributed by atoms with Crippen molar-refractivity contribution >= 4 is 88.6 Å². The largest absolute Gasteiger partial charge is 0.330 e. The van der Waals surface area contributed by atoms with Crippen molar-refractivity contribution in [2.45, 2.75) is 75.3 Å². The van der Waals surface area contributed by atoms with E-state index in [9.17, 15) is 16.8 Å².